The van der Waals surface area contributed by atoms with Gasteiger partial charge in [-0.15, -0.1) is 0 Å². The first-order valence-corrected chi connectivity index (χ1v) is 15.5. The van der Waals surface area contributed by atoms with Gasteiger partial charge in [0.2, 0.25) is 5.75 Å². The molecule has 8 heteroatoms. The van der Waals surface area contributed by atoms with Crippen molar-refractivity contribution in [1.29, 1.82) is 0 Å². The molecule has 0 fully saturated rings. The summed E-state index contributed by atoms with van der Waals surface area (Å²) < 4.78 is 30.7. The fourth-order valence-corrected chi connectivity index (χ4v) is 7.14. The summed E-state index contributed by atoms with van der Waals surface area (Å²) in [4.78, 5) is 4.74. The van der Waals surface area contributed by atoms with Crippen LogP contribution in [0.5, 0.6) is 46.0 Å². The Hall–Kier alpha value is -4.40. The monoisotopic (exact) mass is 608 g/mol. The third-order valence-electron chi connectivity index (χ3n) is 9.64. The van der Waals surface area contributed by atoms with Gasteiger partial charge in [0.15, 0.2) is 34.5 Å². The highest BCUT2D eigenvalue weighted by atomic mass is 16.5. The van der Waals surface area contributed by atoms with E-state index >= 15 is 0 Å². The molecule has 4 aromatic rings. The van der Waals surface area contributed by atoms with E-state index in [2.05, 4.69) is 60.3 Å². The van der Waals surface area contributed by atoms with Gasteiger partial charge < -0.3 is 28.8 Å². The third kappa shape index (κ3) is 5.32. The van der Waals surface area contributed by atoms with Gasteiger partial charge in [-0.05, 0) is 110 Å². The van der Waals surface area contributed by atoms with Crippen LogP contribution in [0.2, 0.25) is 0 Å². The van der Waals surface area contributed by atoms with Gasteiger partial charge in [-0.3, -0.25) is 9.80 Å². The first kappa shape index (κ1) is 29.3. The van der Waals surface area contributed by atoms with Crippen LogP contribution < -0.4 is 23.7 Å². The molecule has 8 rings (SSSR count). The summed E-state index contributed by atoms with van der Waals surface area (Å²) >= 11 is 0. The van der Waals surface area contributed by atoms with Crippen molar-refractivity contribution in [3.8, 4) is 46.0 Å². The Morgan fingerprint density at radius 1 is 0.689 bits per heavy atom. The fourth-order valence-electron chi connectivity index (χ4n) is 7.14. The molecule has 0 radical (unpaired) electrons. The highest BCUT2D eigenvalue weighted by Gasteiger charge is 2.34. The molecular weight excluding hydrogens is 568 g/mol. The minimum Gasteiger partial charge on any atom is -0.504 e. The van der Waals surface area contributed by atoms with Crippen LogP contribution in [0.4, 0.5) is 0 Å². The largest absolute Gasteiger partial charge is 0.504 e. The lowest BCUT2D eigenvalue weighted by molar-refractivity contribution is 0.220. The molecule has 4 heterocycles. The van der Waals surface area contributed by atoms with Crippen molar-refractivity contribution in [3.05, 3.63) is 94.0 Å². The minimum atomic E-state index is -0.0109. The van der Waals surface area contributed by atoms with Gasteiger partial charge in [-0.1, -0.05) is 18.2 Å². The fraction of sp³-hybridized carbons (Fsp3) is 0.351. The molecule has 0 aliphatic carbocycles. The first-order valence-electron chi connectivity index (χ1n) is 15.5. The number of likely N-dealkylation sites (N-methyl/N-ethyl adjacent to an activating group) is 2. The van der Waals surface area contributed by atoms with Gasteiger partial charge >= 0.3 is 0 Å². The lowest BCUT2D eigenvalue weighted by Crippen LogP contribution is -2.34. The summed E-state index contributed by atoms with van der Waals surface area (Å²) in [5.74, 6) is 4.32. The van der Waals surface area contributed by atoms with E-state index in [1.54, 1.807) is 21.3 Å². The zero-order valence-electron chi connectivity index (χ0n) is 26.6. The number of phenolic OH excluding ortho intramolecular Hbond substituents is 1. The average Bonchev–Trinajstić information content (AvgIpc) is 3.04. The van der Waals surface area contributed by atoms with Crippen LogP contribution in [0.15, 0.2) is 60.7 Å². The molecular formula is C37H40N2O6. The van der Waals surface area contributed by atoms with E-state index in [0.29, 0.717) is 34.5 Å². The molecule has 4 aliphatic heterocycles. The van der Waals surface area contributed by atoms with Crippen LogP contribution in [-0.4, -0.2) is 63.4 Å². The number of methoxy groups -OCH3 is 3. The van der Waals surface area contributed by atoms with Crippen LogP contribution in [0, 0.1) is 0 Å². The number of fused-ring (bicyclic) bond motifs is 2. The van der Waals surface area contributed by atoms with E-state index in [4.69, 9.17) is 23.7 Å². The Kier molecular flexibility index (Phi) is 7.71. The van der Waals surface area contributed by atoms with Gasteiger partial charge in [0, 0.05) is 30.7 Å². The van der Waals surface area contributed by atoms with Gasteiger partial charge in [-0.25, -0.2) is 0 Å². The summed E-state index contributed by atoms with van der Waals surface area (Å²) in [6.45, 7) is 1.78. The van der Waals surface area contributed by atoms with Crippen molar-refractivity contribution in [2.75, 3.05) is 48.5 Å². The average molecular weight is 609 g/mol. The standard InChI is InChI=1S/C37H40N2O6/c1-38-14-12-24-20-32(42-4)34-21-27(24)28(38)17-23-8-11-31(41-3)33(18-23)44-26-9-6-22(7-10-26)16-29-35-25(13-15-39(29)2)19-30(40)36(43-5)37(35)45-34/h6-11,18-21,28-29,40H,12-17H2,1-5H3/t28-,29-/m1/s1. The molecule has 0 spiro atoms. The van der Waals surface area contributed by atoms with Crippen molar-refractivity contribution in [3.63, 3.8) is 0 Å². The maximum Gasteiger partial charge on any atom is 0.204 e. The number of hydrogen-bond acceptors (Lipinski definition) is 8. The quantitative estimate of drug-likeness (QED) is 0.271. The van der Waals surface area contributed by atoms with E-state index in [1.165, 1.54) is 11.1 Å². The van der Waals surface area contributed by atoms with Gasteiger partial charge in [0.25, 0.3) is 0 Å². The number of hydrogen-bond donors (Lipinski definition) is 1. The number of ether oxygens (including phenoxy) is 5. The molecule has 0 saturated carbocycles. The number of nitrogens with zero attached hydrogens (tertiary/aromatic N) is 2. The second-order valence-electron chi connectivity index (χ2n) is 12.3. The van der Waals surface area contributed by atoms with E-state index < -0.39 is 0 Å². The zero-order valence-corrected chi connectivity index (χ0v) is 26.6. The molecule has 0 unspecified atom stereocenters. The number of phenols is 1. The van der Waals surface area contributed by atoms with Crippen molar-refractivity contribution in [1.82, 2.24) is 9.80 Å². The maximum atomic E-state index is 11.1. The molecule has 1 N–H and O–H groups in total. The van der Waals surface area contributed by atoms with Gasteiger partial charge in [0.05, 0.1) is 21.3 Å². The Morgan fingerprint density at radius 2 is 1.36 bits per heavy atom. The first-order chi connectivity index (χ1) is 21.9. The van der Waals surface area contributed by atoms with E-state index in [9.17, 15) is 5.11 Å². The molecule has 234 valence electrons. The van der Waals surface area contributed by atoms with Crippen molar-refractivity contribution in [2.45, 2.75) is 37.8 Å². The molecule has 0 amide bonds. The number of benzene rings is 4. The van der Waals surface area contributed by atoms with Gasteiger partial charge in [0.1, 0.15) is 5.75 Å². The second kappa shape index (κ2) is 11.8. The predicted octanol–water partition coefficient (Wildman–Crippen LogP) is 6.86. The Bertz CT molecular complexity index is 1740. The molecule has 8 nitrogen and oxygen atoms in total. The molecule has 2 atom stereocenters. The molecule has 0 aromatic heterocycles. The van der Waals surface area contributed by atoms with Crippen LogP contribution in [0.3, 0.4) is 0 Å². The Morgan fingerprint density at radius 3 is 2.09 bits per heavy atom. The molecule has 45 heavy (non-hydrogen) atoms. The van der Waals surface area contributed by atoms with E-state index in [1.807, 2.05) is 24.3 Å². The number of aromatic hydroxyl groups is 1. The van der Waals surface area contributed by atoms with Crippen molar-refractivity contribution >= 4 is 0 Å². The topological polar surface area (TPSA) is 72.9 Å². The highest BCUT2D eigenvalue weighted by Crippen LogP contribution is 2.51. The highest BCUT2D eigenvalue weighted by molar-refractivity contribution is 5.63. The van der Waals surface area contributed by atoms with Crippen LogP contribution >= 0.6 is 0 Å². The normalized spacial score (nSPS) is 19.4. The van der Waals surface area contributed by atoms with E-state index in [-0.39, 0.29) is 17.8 Å². The number of rotatable bonds is 3. The summed E-state index contributed by atoms with van der Waals surface area (Å²) in [6.07, 6.45) is 3.20. The summed E-state index contributed by atoms with van der Waals surface area (Å²) in [5.41, 5.74) is 6.80. The Labute approximate surface area is 264 Å². The third-order valence-corrected chi connectivity index (χ3v) is 9.64. The van der Waals surface area contributed by atoms with Crippen LogP contribution in [-0.2, 0) is 25.7 Å². The van der Waals surface area contributed by atoms with Crippen LogP contribution in [0.1, 0.15) is 45.5 Å². The van der Waals surface area contributed by atoms with E-state index in [0.717, 1.165) is 66.8 Å². The molecule has 4 aromatic carbocycles. The van der Waals surface area contributed by atoms with Crippen molar-refractivity contribution in [2.24, 2.45) is 0 Å². The zero-order chi connectivity index (χ0) is 31.2. The lowest BCUT2D eigenvalue weighted by Gasteiger charge is -2.37. The second-order valence-corrected chi connectivity index (χ2v) is 12.3. The minimum absolute atomic E-state index is 0.0109. The smallest absolute Gasteiger partial charge is 0.204 e. The molecule has 0 saturated heterocycles. The van der Waals surface area contributed by atoms with Crippen molar-refractivity contribution < 1.29 is 28.8 Å². The van der Waals surface area contributed by atoms with Gasteiger partial charge in [-0.2, -0.15) is 0 Å². The van der Waals surface area contributed by atoms with Crippen LogP contribution in [0.25, 0.3) is 0 Å². The maximum absolute atomic E-state index is 11.1. The molecule has 4 aliphatic rings. The summed E-state index contributed by atoms with van der Waals surface area (Å²) in [7, 11) is 9.23. The summed E-state index contributed by atoms with van der Waals surface area (Å²) in [6, 6.07) is 20.6. The predicted molar refractivity (Wildman–Crippen MR) is 173 cm³/mol. The molecule has 6 bridgehead atoms. The SMILES string of the molecule is COc1ccc2cc1Oc1ccc(cc1)C[C@@H]1c3c(cc(O)c(OC)c3Oc3cc4c(cc3OC)CCN(C)[C@@H]4C2)CCN1C. The summed E-state index contributed by atoms with van der Waals surface area (Å²) in [5, 5.41) is 11.1. The Balaban J connectivity index is 1.45. The lowest BCUT2D eigenvalue weighted by atomic mass is 9.87.